The highest BCUT2D eigenvalue weighted by Crippen LogP contribution is 2.15. The zero-order valence-electron chi connectivity index (χ0n) is 14.5. The third-order valence-corrected chi connectivity index (χ3v) is 4.46. The number of aryl methyl sites for hydroxylation is 2. The number of carbonyl (C=O) groups excluding carboxylic acids is 1. The minimum Gasteiger partial charge on any atom is -0.376 e. The van der Waals surface area contributed by atoms with Crippen molar-refractivity contribution < 1.29 is 14.3 Å². The maximum atomic E-state index is 12.2. The van der Waals surface area contributed by atoms with Crippen LogP contribution < -0.4 is 4.90 Å². The van der Waals surface area contributed by atoms with Gasteiger partial charge in [0, 0.05) is 44.5 Å². The molecule has 7 heteroatoms. The molecule has 2 aliphatic heterocycles. The van der Waals surface area contributed by atoms with E-state index in [0.29, 0.717) is 19.7 Å². The molecule has 0 unspecified atom stereocenters. The quantitative estimate of drug-likeness (QED) is 0.798. The maximum absolute atomic E-state index is 12.2. The summed E-state index contributed by atoms with van der Waals surface area (Å²) in [7, 11) is 0. The van der Waals surface area contributed by atoms with Gasteiger partial charge in [-0.25, -0.2) is 9.97 Å². The molecule has 1 atom stereocenters. The molecule has 2 saturated heterocycles. The van der Waals surface area contributed by atoms with Gasteiger partial charge in [-0.3, -0.25) is 4.79 Å². The summed E-state index contributed by atoms with van der Waals surface area (Å²) in [6.07, 6.45) is 2.29. The van der Waals surface area contributed by atoms with Crippen molar-refractivity contribution in [2.45, 2.75) is 32.8 Å². The first-order chi connectivity index (χ1) is 11.6. The molecule has 3 heterocycles. The fourth-order valence-electron chi connectivity index (χ4n) is 3.19. The highest BCUT2D eigenvalue weighted by atomic mass is 16.5. The van der Waals surface area contributed by atoms with Gasteiger partial charge >= 0.3 is 0 Å². The molecule has 0 bridgehead atoms. The molecule has 0 N–H and O–H groups in total. The van der Waals surface area contributed by atoms with Crippen LogP contribution in [0.25, 0.3) is 0 Å². The van der Waals surface area contributed by atoms with Crippen molar-refractivity contribution >= 4 is 11.7 Å². The van der Waals surface area contributed by atoms with E-state index in [4.69, 9.17) is 9.47 Å². The summed E-state index contributed by atoms with van der Waals surface area (Å²) >= 11 is 0. The van der Waals surface area contributed by atoms with Gasteiger partial charge in [-0.1, -0.05) is 0 Å². The Labute approximate surface area is 143 Å². The SMILES string of the molecule is Cc1cc(N2CCN(C(=O)COC[C@@H]3CCCO3)CC2)nc(C)n1. The molecule has 24 heavy (non-hydrogen) atoms. The Kier molecular flexibility index (Phi) is 5.63. The monoisotopic (exact) mass is 334 g/mol. The van der Waals surface area contributed by atoms with E-state index >= 15 is 0 Å². The first-order valence-corrected chi connectivity index (χ1v) is 8.66. The highest BCUT2D eigenvalue weighted by Gasteiger charge is 2.23. The molecule has 2 fully saturated rings. The number of anilines is 1. The fourth-order valence-corrected chi connectivity index (χ4v) is 3.19. The summed E-state index contributed by atoms with van der Waals surface area (Å²) in [5, 5.41) is 0. The van der Waals surface area contributed by atoms with Gasteiger partial charge in [0.05, 0.1) is 12.7 Å². The van der Waals surface area contributed by atoms with Gasteiger partial charge in [-0.2, -0.15) is 0 Å². The average Bonchev–Trinajstić information content (AvgIpc) is 3.07. The third-order valence-electron chi connectivity index (χ3n) is 4.46. The molecule has 0 aromatic carbocycles. The zero-order chi connectivity index (χ0) is 16.9. The van der Waals surface area contributed by atoms with Crippen LogP contribution in [-0.4, -0.2) is 72.9 Å². The number of aromatic nitrogens is 2. The fraction of sp³-hybridized carbons (Fsp3) is 0.706. The molecule has 0 aliphatic carbocycles. The van der Waals surface area contributed by atoms with Gasteiger partial charge in [-0.05, 0) is 26.7 Å². The number of nitrogens with zero attached hydrogens (tertiary/aromatic N) is 4. The molecule has 1 aromatic rings. The predicted molar refractivity (Wildman–Crippen MR) is 90.1 cm³/mol. The highest BCUT2D eigenvalue weighted by molar-refractivity contribution is 5.77. The van der Waals surface area contributed by atoms with Crippen LogP contribution in [0, 0.1) is 13.8 Å². The van der Waals surface area contributed by atoms with E-state index in [2.05, 4.69) is 14.9 Å². The number of rotatable bonds is 5. The second-order valence-corrected chi connectivity index (χ2v) is 6.43. The number of amides is 1. The first-order valence-electron chi connectivity index (χ1n) is 8.66. The van der Waals surface area contributed by atoms with Crippen LogP contribution in [0.15, 0.2) is 6.07 Å². The van der Waals surface area contributed by atoms with Crippen LogP contribution in [0.3, 0.4) is 0 Å². The number of carbonyl (C=O) groups is 1. The van der Waals surface area contributed by atoms with Crippen LogP contribution in [0.4, 0.5) is 5.82 Å². The Bertz CT molecular complexity index is 547. The number of ether oxygens (including phenoxy) is 2. The van der Waals surface area contributed by atoms with Gasteiger partial charge < -0.3 is 19.3 Å². The molecule has 0 radical (unpaired) electrons. The Balaban J connectivity index is 1.43. The molecule has 1 amide bonds. The second-order valence-electron chi connectivity index (χ2n) is 6.43. The topological polar surface area (TPSA) is 67.8 Å². The zero-order valence-corrected chi connectivity index (χ0v) is 14.5. The lowest BCUT2D eigenvalue weighted by Gasteiger charge is -2.35. The van der Waals surface area contributed by atoms with Crippen molar-refractivity contribution in [3.63, 3.8) is 0 Å². The van der Waals surface area contributed by atoms with Gasteiger partial charge in [0.25, 0.3) is 0 Å². The second kappa shape index (κ2) is 7.90. The van der Waals surface area contributed by atoms with Crippen molar-refractivity contribution in [2.24, 2.45) is 0 Å². The van der Waals surface area contributed by atoms with Crippen molar-refractivity contribution in [1.29, 1.82) is 0 Å². The van der Waals surface area contributed by atoms with E-state index in [9.17, 15) is 4.79 Å². The standard InChI is InChI=1S/C17H26N4O3/c1-13-10-16(19-14(2)18-13)20-5-7-21(8-6-20)17(22)12-23-11-15-4-3-9-24-15/h10,15H,3-9,11-12H2,1-2H3/t15-/m0/s1. The van der Waals surface area contributed by atoms with Crippen LogP contribution in [0.1, 0.15) is 24.4 Å². The van der Waals surface area contributed by atoms with E-state index < -0.39 is 0 Å². The smallest absolute Gasteiger partial charge is 0.248 e. The normalized spacial score (nSPS) is 21.3. The summed E-state index contributed by atoms with van der Waals surface area (Å²) in [5.41, 5.74) is 0.971. The van der Waals surface area contributed by atoms with Gasteiger partial charge in [-0.15, -0.1) is 0 Å². The van der Waals surface area contributed by atoms with E-state index in [1.165, 1.54) is 0 Å². The lowest BCUT2D eigenvalue weighted by atomic mass is 10.2. The van der Waals surface area contributed by atoms with Crippen LogP contribution in [0.2, 0.25) is 0 Å². The molecular formula is C17H26N4O3. The van der Waals surface area contributed by atoms with Crippen molar-refractivity contribution in [3.05, 3.63) is 17.6 Å². The molecule has 2 aliphatic rings. The number of hydrogen-bond acceptors (Lipinski definition) is 6. The lowest BCUT2D eigenvalue weighted by molar-refractivity contribution is -0.137. The summed E-state index contributed by atoms with van der Waals surface area (Å²) in [6.45, 7) is 8.32. The predicted octanol–water partition coefficient (Wildman–Crippen LogP) is 0.938. The first kappa shape index (κ1) is 17.1. The summed E-state index contributed by atoms with van der Waals surface area (Å²) in [4.78, 5) is 25.1. The minimum absolute atomic E-state index is 0.0581. The van der Waals surface area contributed by atoms with E-state index in [-0.39, 0.29) is 18.6 Å². The Morgan fingerprint density at radius 1 is 1.29 bits per heavy atom. The van der Waals surface area contributed by atoms with E-state index in [0.717, 1.165) is 49.9 Å². The number of piperazine rings is 1. The largest absolute Gasteiger partial charge is 0.376 e. The maximum Gasteiger partial charge on any atom is 0.248 e. The van der Waals surface area contributed by atoms with Crippen LogP contribution >= 0.6 is 0 Å². The summed E-state index contributed by atoms with van der Waals surface area (Å²) < 4.78 is 11.0. The van der Waals surface area contributed by atoms with Crippen molar-refractivity contribution in [2.75, 3.05) is 50.9 Å². The third kappa shape index (κ3) is 4.42. The van der Waals surface area contributed by atoms with E-state index in [1.54, 1.807) is 0 Å². The molecule has 0 spiro atoms. The van der Waals surface area contributed by atoms with Gasteiger partial charge in [0.2, 0.25) is 5.91 Å². The molecule has 0 saturated carbocycles. The summed E-state index contributed by atoms with van der Waals surface area (Å²) in [6, 6.07) is 2.00. The average molecular weight is 334 g/mol. The number of hydrogen-bond donors (Lipinski definition) is 0. The van der Waals surface area contributed by atoms with Crippen LogP contribution in [-0.2, 0) is 14.3 Å². The minimum atomic E-state index is 0.0581. The van der Waals surface area contributed by atoms with Gasteiger partial charge in [0.15, 0.2) is 0 Å². The molecule has 1 aromatic heterocycles. The Morgan fingerprint density at radius 2 is 2.08 bits per heavy atom. The molecule has 7 nitrogen and oxygen atoms in total. The molecular weight excluding hydrogens is 308 g/mol. The lowest BCUT2D eigenvalue weighted by Crippen LogP contribution is -2.50. The van der Waals surface area contributed by atoms with Crippen molar-refractivity contribution in [1.82, 2.24) is 14.9 Å². The van der Waals surface area contributed by atoms with Gasteiger partial charge in [0.1, 0.15) is 18.2 Å². The van der Waals surface area contributed by atoms with Crippen molar-refractivity contribution in [3.8, 4) is 0 Å². The Morgan fingerprint density at radius 3 is 2.75 bits per heavy atom. The van der Waals surface area contributed by atoms with E-state index in [1.807, 2.05) is 24.8 Å². The summed E-state index contributed by atoms with van der Waals surface area (Å²) in [5.74, 6) is 1.79. The molecule has 3 rings (SSSR count). The molecule has 132 valence electrons. The Hall–Kier alpha value is -1.73. The van der Waals surface area contributed by atoms with Crippen LogP contribution in [0.5, 0.6) is 0 Å².